The Morgan fingerprint density at radius 1 is 0.865 bits per heavy atom. The second kappa shape index (κ2) is 16.5. The molecule has 2 aliphatic rings. The number of nitrogens with one attached hydrogen (secondary N) is 1. The highest BCUT2D eigenvalue weighted by Gasteiger charge is 2.19. The Hall–Kier alpha value is -2.39. The molecule has 2 fully saturated rings. The van der Waals surface area contributed by atoms with Crippen molar-refractivity contribution in [3.05, 3.63) is 53.6 Å². The predicted molar refractivity (Wildman–Crippen MR) is 152 cm³/mol. The molecule has 206 valence electrons. The number of carbonyl (C=O) groups is 1. The molecule has 4 rings (SSSR count). The molecule has 1 amide bonds. The van der Waals surface area contributed by atoms with E-state index in [1.807, 2.05) is 32.2 Å². The number of aromatic nitrogens is 2. The zero-order valence-electron chi connectivity index (χ0n) is 23.8. The maximum absolute atomic E-state index is 11.6. The number of nitrogens with zero attached hydrogens (tertiary/aromatic N) is 5. The van der Waals surface area contributed by atoms with Gasteiger partial charge < -0.3 is 15.3 Å². The molecule has 0 aliphatic carbocycles. The first-order valence-corrected chi connectivity index (χ1v) is 13.8. The van der Waals surface area contributed by atoms with Crippen molar-refractivity contribution in [2.75, 3.05) is 63.9 Å². The molecule has 2 aromatic heterocycles. The summed E-state index contributed by atoms with van der Waals surface area (Å²) in [5.41, 5.74) is 4.42. The first kappa shape index (κ1) is 30.8. The summed E-state index contributed by atoms with van der Waals surface area (Å²) in [6.45, 7) is 20.9. The van der Waals surface area contributed by atoms with Crippen LogP contribution in [0.1, 0.15) is 70.3 Å². The number of hydrogen-bond donors (Lipinski definition) is 2. The van der Waals surface area contributed by atoms with Crippen LogP contribution in [0.5, 0.6) is 0 Å². The summed E-state index contributed by atoms with van der Waals surface area (Å²) in [7, 11) is 0. The summed E-state index contributed by atoms with van der Waals surface area (Å²) < 4.78 is 0. The number of anilines is 1. The summed E-state index contributed by atoms with van der Waals surface area (Å²) in [6, 6.07) is 8.31. The molecule has 0 atom stereocenters. The third-order valence-electron chi connectivity index (χ3n) is 6.49. The molecule has 2 aliphatic heterocycles. The van der Waals surface area contributed by atoms with Crippen molar-refractivity contribution in [1.29, 1.82) is 0 Å². The molecule has 2 saturated heterocycles. The fraction of sp³-hybridized carbons (Fsp3) is 0.621. The van der Waals surface area contributed by atoms with Crippen LogP contribution in [0.25, 0.3) is 0 Å². The molecular formula is C29H48N6O2. The quantitative estimate of drug-likeness (QED) is 0.588. The molecule has 0 radical (unpaired) electrons. The van der Waals surface area contributed by atoms with Crippen molar-refractivity contribution in [1.82, 2.24) is 25.1 Å². The minimum absolute atomic E-state index is 0.116. The monoisotopic (exact) mass is 512 g/mol. The molecule has 0 bridgehead atoms. The van der Waals surface area contributed by atoms with E-state index in [2.05, 4.69) is 64.9 Å². The summed E-state index contributed by atoms with van der Waals surface area (Å²) in [5, 5.41) is 12.0. The molecule has 4 heterocycles. The number of amides is 1. The zero-order chi connectivity index (χ0) is 27.2. The highest BCUT2D eigenvalue weighted by atomic mass is 16.3. The van der Waals surface area contributed by atoms with E-state index in [9.17, 15) is 4.79 Å². The van der Waals surface area contributed by atoms with Crippen LogP contribution >= 0.6 is 0 Å². The van der Waals surface area contributed by atoms with Crippen molar-refractivity contribution >= 4 is 11.6 Å². The summed E-state index contributed by atoms with van der Waals surface area (Å²) in [5.74, 6) is 1.04. The maximum atomic E-state index is 11.6. The minimum Gasteiger partial charge on any atom is -0.395 e. The molecule has 2 N–H and O–H groups in total. The van der Waals surface area contributed by atoms with Crippen molar-refractivity contribution in [2.45, 2.75) is 59.9 Å². The fourth-order valence-corrected chi connectivity index (χ4v) is 4.22. The van der Waals surface area contributed by atoms with Gasteiger partial charge in [0.05, 0.1) is 25.0 Å². The molecular weight excluding hydrogens is 464 g/mol. The van der Waals surface area contributed by atoms with Crippen LogP contribution in [0.3, 0.4) is 0 Å². The SMILES string of the molecule is CC.CC(C)c1ccc(CN2CCN(CCO)CC2)cn1.CC(C)c1ccc(N2CCNCC2=O)cn1. The van der Waals surface area contributed by atoms with Gasteiger partial charge in [-0.25, -0.2) is 0 Å². The number of piperazine rings is 2. The van der Waals surface area contributed by atoms with Gasteiger partial charge in [0.2, 0.25) is 5.91 Å². The third kappa shape index (κ3) is 10.1. The normalized spacial score (nSPS) is 16.8. The lowest BCUT2D eigenvalue weighted by Gasteiger charge is -2.34. The molecule has 0 spiro atoms. The number of aliphatic hydroxyl groups excluding tert-OH is 1. The summed E-state index contributed by atoms with van der Waals surface area (Å²) in [6.07, 6.45) is 3.80. The third-order valence-corrected chi connectivity index (χ3v) is 6.49. The van der Waals surface area contributed by atoms with Crippen LogP contribution in [0, 0.1) is 0 Å². The van der Waals surface area contributed by atoms with Gasteiger partial charge in [-0.1, -0.05) is 47.6 Å². The van der Waals surface area contributed by atoms with Gasteiger partial charge in [-0.15, -0.1) is 0 Å². The van der Waals surface area contributed by atoms with Gasteiger partial charge >= 0.3 is 0 Å². The summed E-state index contributed by atoms with van der Waals surface area (Å²) in [4.78, 5) is 27.1. The van der Waals surface area contributed by atoms with Gasteiger partial charge in [0.15, 0.2) is 0 Å². The van der Waals surface area contributed by atoms with E-state index in [4.69, 9.17) is 5.11 Å². The van der Waals surface area contributed by atoms with Crippen LogP contribution in [0.4, 0.5) is 5.69 Å². The smallest absolute Gasteiger partial charge is 0.241 e. The molecule has 2 aromatic rings. The minimum atomic E-state index is 0.116. The Balaban J connectivity index is 0.000000247. The van der Waals surface area contributed by atoms with Gasteiger partial charge in [-0.05, 0) is 35.6 Å². The van der Waals surface area contributed by atoms with Crippen LogP contribution < -0.4 is 10.2 Å². The Morgan fingerprint density at radius 3 is 1.95 bits per heavy atom. The van der Waals surface area contributed by atoms with E-state index in [1.165, 1.54) is 5.56 Å². The number of β-amino-alcohol motifs (C(OH)–C–C–N with tert-alkyl or cyclic N) is 1. The van der Waals surface area contributed by atoms with Gasteiger partial charge in [0.25, 0.3) is 0 Å². The van der Waals surface area contributed by atoms with Gasteiger partial charge in [-0.2, -0.15) is 0 Å². The second-order valence-corrected chi connectivity index (χ2v) is 9.91. The lowest BCUT2D eigenvalue weighted by molar-refractivity contribution is -0.118. The second-order valence-electron chi connectivity index (χ2n) is 9.91. The molecule has 8 heteroatoms. The van der Waals surface area contributed by atoms with Crippen molar-refractivity contribution in [3.63, 3.8) is 0 Å². The summed E-state index contributed by atoms with van der Waals surface area (Å²) >= 11 is 0. The van der Waals surface area contributed by atoms with Crippen molar-refractivity contribution in [2.24, 2.45) is 0 Å². The number of aliphatic hydroxyl groups is 1. The molecule has 0 unspecified atom stereocenters. The first-order chi connectivity index (χ1) is 17.9. The Morgan fingerprint density at radius 2 is 1.46 bits per heavy atom. The van der Waals surface area contributed by atoms with Gasteiger partial charge in [-0.3, -0.25) is 24.6 Å². The largest absolute Gasteiger partial charge is 0.395 e. The average molecular weight is 513 g/mol. The topological polar surface area (TPSA) is 84.8 Å². The van der Waals surface area contributed by atoms with Crippen molar-refractivity contribution < 1.29 is 9.90 Å². The maximum Gasteiger partial charge on any atom is 0.241 e. The van der Waals surface area contributed by atoms with Crippen LogP contribution in [0.15, 0.2) is 36.7 Å². The van der Waals surface area contributed by atoms with E-state index >= 15 is 0 Å². The van der Waals surface area contributed by atoms with E-state index in [-0.39, 0.29) is 12.5 Å². The molecule has 37 heavy (non-hydrogen) atoms. The standard InChI is InChI=1S/C15H25N3O.C12H17N3O.C2H6/c1-13(2)15-4-3-14(11-16-15)12-18-7-5-17(6-8-18)9-10-19;1-9(2)11-4-3-10(7-14-11)15-6-5-13-8-12(15)16;1-2/h3-4,11,13,19H,5-10,12H2,1-2H3;3-4,7,9,13H,5-6,8H2,1-2H3;1-2H3. The molecule has 8 nitrogen and oxygen atoms in total. The lowest BCUT2D eigenvalue weighted by Crippen LogP contribution is -2.48. The van der Waals surface area contributed by atoms with Gasteiger partial charge in [0.1, 0.15) is 0 Å². The first-order valence-electron chi connectivity index (χ1n) is 13.8. The molecule has 0 saturated carbocycles. The van der Waals surface area contributed by atoms with E-state index in [1.54, 1.807) is 11.1 Å². The average Bonchev–Trinajstić information content (AvgIpc) is 2.92. The number of pyridine rings is 2. The fourth-order valence-electron chi connectivity index (χ4n) is 4.22. The van der Waals surface area contributed by atoms with Crippen LogP contribution in [-0.4, -0.2) is 89.7 Å². The van der Waals surface area contributed by atoms with Gasteiger partial charge in [0, 0.05) is 69.9 Å². The van der Waals surface area contributed by atoms with Crippen molar-refractivity contribution in [3.8, 4) is 0 Å². The zero-order valence-corrected chi connectivity index (χ0v) is 23.8. The highest BCUT2D eigenvalue weighted by molar-refractivity contribution is 5.95. The Bertz CT molecular complexity index is 894. The predicted octanol–water partition coefficient (Wildman–Crippen LogP) is 3.48. The van der Waals surface area contributed by atoms with E-state index in [0.717, 1.165) is 69.4 Å². The highest BCUT2D eigenvalue weighted by Crippen LogP contribution is 2.18. The molecule has 0 aromatic carbocycles. The van der Waals surface area contributed by atoms with Crippen LogP contribution in [-0.2, 0) is 11.3 Å². The Kier molecular flexibility index (Phi) is 13.7. The van der Waals surface area contributed by atoms with E-state index < -0.39 is 0 Å². The van der Waals surface area contributed by atoms with E-state index in [0.29, 0.717) is 18.4 Å². The Labute approximate surface area is 224 Å². The number of carbonyl (C=O) groups excluding carboxylic acids is 1. The number of hydrogen-bond acceptors (Lipinski definition) is 7. The lowest BCUT2D eigenvalue weighted by atomic mass is 10.1. The number of rotatable bonds is 7. The van der Waals surface area contributed by atoms with Crippen LogP contribution in [0.2, 0.25) is 0 Å².